The van der Waals surface area contributed by atoms with Gasteiger partial charge in [0.25, 0.3) is 11.4 Å². The molecule has 1 saturated heterocycles. The fourth-order valence-corrected chi connectivity index (χ4v) is 1.62. The second-order valence-electron chi connectivity index (χ2n) is 4.15. The van der Waals surface area contributed by atoms with Gasteiger partial charge in [-0.1, -0.05) is 0 Å². The van der Waals surface area contributed by atoms with Crippen LogP contribution in [0.4, 0.5) is 16.2 Å². The van der Waals surface area contributed by atoms with Crippen LogP contribution in [-0.4, -0.2) is 41.3 Å². The van der Waals surface area contributed by atoms with Crippen molar-refractivity contribution >= 4 is 23.5 Å². The van der Waals surface area contributed by atoms with Crippen LogP contribution in [0, 0.1) is 20.2 Å². The van der Waals surface area contributed by atoms with E-state index in [1.54, 1.807) is 0 Å². The molecule has 1 aromatic carbocycles. The van der Waals surface area contributed by atoms with Crippen molar-refractivity contribution in [1.29, 1.82) is 0 Å². The smallest absolute Gasteiger partial charge is 0.458 e. The van der Waals surface area contributed by atoms with Gasteiger partial charge in [-0.2, -0.15) is 0 Å². The molecule has 1 fully saturated rings. The number of cyclic esters (lactones) is 2. The monoisotopic (exact) mass is 312 g/mol. The van der Waals surface area contributed by atoms with E-state index in [0.29, 0.717) is 0 Å². The molecule has 1 heterocycles. The number of nitrogens with zero attached hydrogens (tertiary/aromatic N) is 2. The zero-order valence-electron chi connectivity index (χ0n) is 10.8. The summed E-state index contributed by atoms with van der Waals surface area (Å²) in [4.78, 5) is 42.1. The Morgan fingerprint density at radius 1 is 1.23 bits per heavy atom. The summed E-state index contributed by atoms with van der Waals surface area (Å²) in [5.41, 5.74) is -1.58. The molecule has 0 amide bonds. The topological polar surface area (TPSA) is 148 Å². The van der Waals surface area contributed by atoms with Crippen molar-refractivity contribution in [2.75, 3.05) is 13.2 Å². The standard InChI is InChI=1S/C11H8N2O9/c14-10(20-4-9-5-21-11(15)22-9)6-1-7(12(16)17)3-8(2-6)13(18)19/h1-3,9H,4-5H2. The largest absolute Gasteiger partial charge is 0.508 e. The molecular weight excluding hydrogens is 304 g/mol. The molecule has 0 spiro atoms. The maximum atomic E-state index is 11.8. The van der Waals surface area contributed by atoms with E-state index >= 15 is 0 Å². The van der Waals surface area contributed by atoms with Crippen molar-refractivity contribution in [3.05, 3.63) is 44.0 Å². The molecule has 11 heteroatoms. The Morgan fingerprint density at radius 3 is 2.27 bits per heavy atom. The lowest BCUT2D eigenvalue weighted by molar-refractivity contribution is -0.394. The average Bonchev–Trinajstić information content (AvgIpc) is 2.89. The molecule has 1 atom stereocenters. The Hall–Kier alpha value is -3.24. The first kappa shape index (κ1) is 15.2. The third kappa shape index (κ3) is 3.45. The summed E-state index contributed by atoms with van der Waals surface area (Å²) in [5.74, 6) is -1.02. The van der Waals surface area contributed by atoms with Crippen LogP contribution in [0.1, 0.15) is 10.4 Å². The van der Waals surface area contributed by atoms with Crippen LogP contribution in [-0.2, 0) is 14.2 Å². The Balaban J connectivity index is 2.12. The molecule has 1 aliphatic rings. The van der Waals surface area contributed by atoms with Crippen molar-refractivity contribution in [3.63, 3.8) is 0 Å². The third-order valence-corrected chi connectivity index (χ3v) is 2.61. The molecular formula is C11H8N2O9. The summed E-state index contributed by atoms with van der Waals surface area (Å²) < 4.78 is 13.9. The number of esters is 1. The molecule has 1 aliphatic heterocycles. The summed E-state index contributed by atoms with van der Waals surface area (Å²) in [7, 11) is 0. The van der Waals surface area contributed by atoms with E-state index in [4.69, 9.17) is 4.74 Å². The Morgan fingerprint density at radius 2 is 1.82 bits per heavy atom. The number of rotatable bonds is 5. The lowest BCUT2D eigenvalue weighted by Gasteiger charge is -2.07. The lowest BCUT2D eigenvalue weighted by atomic mass is 10.2. The zero-order chi connectivity index (χ0) is 16.3. The lowest BCUT2D eigenvalue weighted by Crippen LogP contribution is -2.21. The van der Waals surface area contributed by atoms with Gasteiger partial charge in [-0.3, -0.25) is 20.2 Å². The first-order chi connectivity index (χ1) is 10.4. The minimum Gasteiger partial charge on any atom is -0.458 e. The van der Waals surface area contributed by atoms with Crippen molar-refractivity contribution in [2.24, 2.45) is 0 Å². The Bertz CT molecular complexity index is 625. The number of carbonyl (C=O) groups excluding carboxylic acids is 2. The predicted molar refractivity (Wildman–Crippen MR) is 66.3 cm³/mol. The van der Waals surface area contributed by atoms with Gasteiger partial charge >= 0.3 is 12.1 Å². The summed E-state index contributed by atoms with van der Waals surface area (Å²) in [6.07, 6.45) is -1.68. The Kier molecular flexibility index (Phi) is 4.15. The molecule has 0 N–H and O–H groups in total. The quantitative estimate of drug-likeness (QED) is 0.444. The van der Waals surface area contributed by atoms with Gasteiger partial charge in [0.2, 0.25) is 0 Å². The molecule has 1 unspecified atom stereocenters. The highest BCUT2D eigenvalue weighted by atomic mass is 16.8. The van der Waals surface area contributed by atoms with Gasteiger partial charge in [-0.25, -0.2) is 9.59 Å². The summed E-state index contributed by atoms with van der Waals surface area (Å²) in [5, 5.41) is 21.4. The van der Waals surface area contributed by atoms with Crippen molar-refractivity contribution < 1.29 is 33.6 Å². The first-order valence-electron chi connectivity index (χ1n) is 5.81. The van der Waals surface area contributed by atoms with Gasteiger partial charge in [0.15, 0.2) is 6.10 Å². The van der Waals surface area contributed by atoms with Gasteiger partial charge in [-0.05, 0) is 0 Å². The second-order valence-corrected chi connectivity index (χ2v) is 4.15. The zero-order valence-corrected chi connectivity index (χ0v) is 10.8. The third-order valence-electron chi connectivity index (χ3n) is 2.61. The molecule has 11 nitrogen and oxygen atoms in total. The fraction of sp³-hybridized carbons (Fsp3) is 0.273. The Labute approximate surface area is 121 Å². The van der Waals surface area contributed by atoms with E-state index in [2.05, 4.69) is 9.47 Å². The van der Waals surface area contributed by atoms with Crippen LogP contribution < -0.4 is 0 Å². The molecule has 1 aromatic rings. The van der Waals surface area contributed by atoms with Crippen LogP contribution in [0.15, 0.2) is 18.2 Å². The maximum Gasteiger partial charge on any atom is 0.508 e. The van der Waals surface area contributed by atoms with Crippen molar-refractivity contribution in [1.82, 2.24) is 0 Å². The number of nitro benzene ring substituents is 2. The molecule has 0 aliphatic carbocycles. The summed E-state index contributed by atoms with van der Waals surface area (Å²) >= 11 is 0. The number of hydrogen-bond donors (Lipinski definition) is 0. The van der Waals surface area contributed by atoms with Crippen LogP contribution in [0.25, 0.3) is 0 Å². The SMILES string of the molecule is O=C1OCC(COC(=O)c2cc([N+](=O)[O-])cc([N+](=O)[O-])c2)O1. The number of carbonyl (C=O) groups is 2. The van der Waals surface area contributed by atoms with E-state index in [1.165, 1.54) is 0 Å². The minimum atomic E-state index is -1.02. The molecule has 0 radical (unpaired) electrons. The molecule has 22 heavy (non-hydrogen) atoms. The van der Waals surface area contributed by atoms with Crippen LogP contribution in [0.2, 0.25) is 0 Å². The van der Waals surface area contributed by atoms with Crippen LogP contribution in [0.3, 0.4) is 0 Å². The average molecular weight is 312 g/mol. The van der Waals surface area contributed by atoms with Crippen LogP contribution >= 0.6 is 0 Å². The van der Waals surface area contributed by atoms with Crippen molar-refractivity contribution in [2.45, 2.75) is 6.10 Å². The summed E-state index contributed by atoms with van der Waals surface area (Å²) in [6.45, 7) is -0.428. The minimum absolute atomic E-state index is 0.0960. The highest BCUT2D eigenvalue weighted by molar-refractivity contribution is 5.91. The molecule has 0 bridgehead atoms. The second kappa shape index (κ2) is 6.03. The van der Waals surface area contributed by atoms with Gasteiger partial charge in [-0.15, -0.1) is 0 Å². The number of hydrogen-bond acceptors (Lipinski definition) is 9. The van der Waals surface area contributed by atoms with E-state index < -0.39 is 39.5 Å². The van der Waals surface area contributed by atoms with E-state index in [0.717, 1.165) is 18.2 Å². The normalized spacial score (nSPS) is 16.5. The number of nitro groups is 2. The van der Waals surface area contributed by atoms with E-state index in [9.17, 15) is 29.8 Å². The molecule has 2 rings (SSSR count). The van der Waals surface area contributed by atoms with Gasteiger partial charge < -0.3 is 14.2 Å². The predicted octanol–water partition coefficient (Wildman–Crippen LogP) is 1.20. The summed E-state index contributed by atoms with van der Waals surface area (Å²) in [6, 6.07) is 2.43. The highest BCUT2D eigenvalue weighted by Crippen LogP contribution is 2.23. The number of benzene rings is 1. The van der Waals surface area contributed by atoms with Crippen molar-refractivity contribution in [3.8, 4) is 0 Å². The van der Waals surface area contributed by atoms with Gasteiger partial charge in [0, 0.05) is 12.1 Å². The number of non-ortho nitro benzene ring substituents is 2. The van der Waals surface area contributed by atoms with E-state index in [1.807, 2.05) is 0 Å². The maximum absolute atomic E-state index is 11.8. The molecule has 0 saturated carbocycles. The van der Waals surface area contributed by atoms with Crippen LogP contribution in [0.5, 0.6) is 0 Å². The van der Waals surface area contributed by atoms with Gasteiger partial charge in [0.1, 0.15) is 13.2 Å². The highest BCUT2D eigenvalue weighted by Gasteiger charge is 2.27. The molecule has 116 valence electrons. The molecule has 0 aromatic heterocycles. The number of ether oxygens (including phenoxy) is 3. The first-order valence-corrected chi connectivity index (χ1v) is 5.81. The fourth-order valence-electron chi connectivity index (χ4n) is 1.62. The van der Waals surface area contributed by atoms with Gasteiger partial charge in [0.05, 0.1) is 21.5 Å². The van der Waals surface area contributed by atoms with E-state index in [-0.39, 0.29) is 18.8 Å².